The van der Waals surface area contributed by atoms with Gasteiger partial charge in [0.15, 0.2) is 0 Å². The minimum Gasteiger partial charge on any atom is -0.491 e. The van der Waals surface area contributed by atoms with Gasteiger partial charge in [-0.1, -0.05) is 0 Å². The van der Waals surface area contributed by atoms with E-state index in [2.05, 4.69) is 0 Å². The van der Waals surface area contributed by atoms with E-state index in [0.717, 1.165) is 5.56 Å². The van der Waals surface area contributed by atoms with Gasteiger partial charge < -0.3 is 19.3 Å². The molecule has 1 N–H and O–H groups in total. The molecule has 0 radical (unpaired) electrons. The smallest absolute Gasteiger partial charge is 0.303 e. The van der Waals surface area contributed by atoms with Gasteiger partial charge in [0.25, 0.3) is 0 Å². The van der Waals surface area contributed by atoms with Crippen LogP contribution in [-0.2, 0) is 11.2 Å². The molecule has 0 saturated heterocycles. The third kappa shape index (κ3) is 6.80. The minimum absolute atomic E-state index is 0.0211. The van der Waals surface area contributed by atoms with Crippen molar-refractivity contribution in [3.63, 3.8) is 0 Å². The average molecular weight is 324 g/mol. The first-order valence-electron chi connectivity index (χ1n) is 8.07. The molecule has 0 spiro atoms. The molecule has 0 aliphatic heterocycles. The van der Waals surface area contributed by atoms with Crippen molar-refractivity contribution >= 4 is 5.97 Å². The summed E-state index contributed by atoms with van der Waals surface area (Å²) >= 11 is 0. The highest BCUT2D eigenvalue weighted by atomic mass is 16.5. The number of ether oxygens (including phenoxy) is 3. The number of hydrogen-bond acceptors (Lipinski definition) is 4. The van der Waals surface area contributed by atoms with Crippen molar-refractivity contribution in [2.75, 3.05) is 0 Å². The second-order valence-electron chi connectivity index (χ2n) is 6.29. The normalized spacial score (nSPS) is 11.2. The highest BCUT2D eigenvalue weighted by Crippen LogP contribution is 2.37. The lowest BCUT2D eigenvalue weighted by molar-refractivity contribution is -0.136. The van der Waals surface area contributed by atoms with Crippen molar-refractivity contribution < 1.29 is 24.1 Å². The molecule has 0 amide bonds. The zero-order valence-corrected chi connectivity index (χ0v) is 14.9. The zero-order chi connectivity index (χ0) is 17.6. The van der Waals surface area contributed by atoms with E-state index in [0.29, 0.717) is 23.7 Å². The molecule has 0 bridgehead atoms. The predicted molar refractivity (Wildman–Crippen MR) is 89.7 cm³/mol. The molecule has 0 heterocycles. The Kier molecular flexibility index (Phi) is 7.20. The first kappa shape index (κ1) is 19.1. The van der Waals surface area contributed by atoms with Gasteiger partial charge in [-0.2, -0.15) is 0 Å². The highest BCUT2D eigenvalue weighted by Gasteiger charge is 2.18. The summed E-state index contributed by atoms with van der Waals surface area (Å²) in [4.78, 5) is 10.9. The first-order valence-corrected chi connectivity index (χ1v) is 8.07. The molecule has 0 aliphatic carbocycles. The second kappa shape index (κ2) is 8.65. The molecule has 0 unspecified atom stereocenters. The van der Waals surface area contributed by atoms with Gasteiger partial charge in [0, 0.05) is 24.1 Å². The summed E-state index contributed by atoms with van der Waals surface area (Å²) in [6.45, 7) is 11.6. The Morgan fingerprint density at radius 3 is 1.70 bits per heavy atom. The molecule has 0 saturated carbocycles. The number of hydrogen-bond donors (Lipinski definition) is 1. The number of carboxylic acids is 1. The highest BCUT2D eigenvalue weighted by molar-refractivity contribution is 5.67. The lowest BCUT2D eigenvalue weighted by Gasteiger charge is -2.21. The van der Waals surface area contributed by atoms with Crippen LogP contribution >= 0.6 is 0 Å². The molecule has 0 aliphatic rings. The Hall–Kier alpha value is -1.91. The summed E-state index contributed by atoms with van der Waals surface area (Å²) in [7, 11) is 0. The van der Waals surface area contributed by atoms with Crippen LogP contribution in [-0.4, -0.2) is 29.4 Å². The molecule has 0 fully saturated rings. The van der Waals surface area contributed by atoms with Gasteiger partial charge in [-0.05, 0) is 48.0 Å². The van der Waals surface area contributed by atoms with Gasteiger partial charge in [0.2, 0.25) is 0 Å². The fraction of sp³-hybridized carbons (Fsp3) is 0.611. The Labute approximate surface area is 138 Å². The van der Waals surface area contributed by atoms with Gasteiger partial charge in [0.1, 0.15) is 17.2 Å². The molecule has 1 rings (SSSR count). The summed E-state index contributed by atoms with van der Waals surface area (Å²) in [5, 5.41) is 8.99. The molecular weight excluding hydrogens is 296 g/mol. The summed E-state index contributed by atoms with van der Waals surface area (Å²) in [5.74, 6) is 1.05. The molecule has 130 valence electrons. The van der Waals surface area contributed by atoms with Crippen LogP contribution in [0.25, 0.3) is 0 Å². The molecule has 5 heteroatoms. The lowest BCUT2D eigenvalue weighted by atomic mass is 10.1. The van der Waals surface area contributed by atoms with Crippen LogP contribution in [0.2, 0.25) is 0 Å². The van der Waals surface area contributed by atoms with E-state index in [1.54, 1.807) is 0 Å². The fourth-order valence-electron chi connectivity index (χ4n) is 2.13. The van der Waals surface area contributed by atoms with Gasteiger partial charge in [0.05, 0.1) is 18.3 Å². The Morgan fingerprint density at radius 2 is 1.35 bits per heavy atom. The van der Waals surface area contributed by atoms with Gasteiger partial charge in [-0.15, -0.1) is 0 Å². The lowest BCUT2D eigenvalue weighted by Crippen LogP contribution is -2.13. The SMILES string of the molecule is CC(C)Oc1cc(OC(C)C)c(CCC(=O)O)c(OC(C)C)c1. The first-order chi connectivity index (χ1) is 10.7. The summed E-state index contributed by atoms with van der Waals surface area (Å²) in [5.41, 5.74) is 0.769. The van der Waals surface area contributed by atoms with Crippen molar-refractivity contribution in [1.82, 2.24) is 0 Å². The third-order valence-electron chi connectivity index (χ3n) is 2.83. The van der Waals surface area contributed by atoms with Crippen LogP contribution in [0.15, 0.2) is 12.1 Å². The maximum Gasteiger partial charge on any atom is 0.303 e. The number of rotatable bonds is 9. The van der Waals surface area contributed by atoms with Crippen LogP contribution in [0.3, 0.4) is 0 Å². The minimum atomic E-state index is -0.849. The average Bonchev–Trinajstić information content (AvgIpc) is 2.34. The molecule has 23 heavy (non-hydrogen) atoms. The molecule has 1 aromatic carbocycles. The van der Waals surface area contributed by atoms with Crippen molar-refractivity contribution in [2.45, 2.75) is 72.7 Å². The standard InChI is InChI=1S/C18H28O5/c1-11(2)21-14-9-16(22-12(3)4)15(7-8-18(19)20)17(10-14)23-13(5)6/h9-13H,7-8H2,1-6H3,(H,19,20). The maximum atomic E-state index is 10.9. The van der Waals surface area contributed by atoms with Crippen LogP contribution in [0, 0.1) is 0 Å². The molecule has 1 aromatic rings. The van der Waals surface area contributed by atoms with Crippen molar-refractivity contribution in [2.24, 2.45) is 0 Å². The Morgan fingerprint density at radius 1 is 0.913 bits per heavy atom. The van der Waals surface area contributed by atoms with E-state index in [4.69, 9.17) is 19.3 Å². The van der Waals surface area contributed by atoms with Crippen LogP contribution < -0.4 is 14.2 Å². The van der Waals surface area contributed by atoms with Crippen molar-refractivity contribution in [1.29, 1.82) is 0 Å². The topological polar surface area (TPSA) is 65.0 Å². The van der Waals surface area contributed by atoms with Gasteiger partial charge in [-0.3, -0.25) is 4.79 Å². The van der Waals surface area contributed by atoms with E-state index in [-0.39, 0.29) is 24.7 Å². The van der Waals surface area contributed by atoms with Crippen molar-refractivity contribution in [3.05, 3.63) is 17.7 Å². The number of aliphatic carboxylic acids is 1. The van der Waals surface area contributed by atoms with E-state index < -0.39 is 5.97 Å². The van der Waals surface area contributed by atoms with Crippen molar-refractivity contribution in [3.8, 4) is 17.2 Å². The maximum absolute atomic E-state index is 10.9. The van der Waals surface area contributed by atoms with E-state index in [1.165, 1.54) is 0 Å². The van der Waals surface area contributed by atoms with Crippen LogP contribution in [0.1, 0.15) is 53.5 Å². The summed E-state index contributed by atoms with van der Waals surface area (Å²) in [6.07, 6.45) is 0.340. The Balaban J connectivity index is 3.29. The summed E-state index contributed by atoms with van der Waals surface area (Å²) < 4.78 is 17.5. The fourth-order valence-corrected chi connectivity index (χ4v) is 2.13. The van der Waals surface area contributed by atoms with E-state index in [9.17, 15) is 4.79 Å². The number of benzene rings is 1. The number of carboxylic acid groups (broad SMARTS) is 1. The summed E-state index contributed by atoms with van der Waals surface area (Å²) in [6, 6.07) is 3.62. The molecule has 0 atom stereocenters. The largest absolute Gasteiger partial charge is 0.491 e. The third-order valence-corrected chi connectivity index (χ3v) is 2.83. The monoisotopic (exact) mass is 324 g/mol. The van der Waals surface area contributed by atoms with E-state index >= 15 is 0 Å². The van der Waals surface area contributed by atoms with Gasteiger partial charge in [-0.25, -0.2) is 0 Å². The Bertz CT molecular complexity index is 489. The quantitative estimate of drug-likeness (QED) is 0.742. The van der Waals surface area contributed by atoms with Crippen LogP contribution in [0.5, 0.6) is 17.2 Å². The van der Waals surface area contributed by atoms with Gasteiger partial charge >= 0.3 is 5.97 Å². The second-order valence-corrected chi connectivity index (χ2v) is 6.29. The predicted octanol–water partition coefficient (Wildman–Crippen LogP) is 4.07. The zero-order valence-electron chi connectivity index (χ0n) is 14.9. The molecular formula is C18H28O5. The molecule has 5 nitrogen and oxygen atoms in total. The van der Waals surface area contributed by atoms with Crippen LogP contribution in [0.4, 0.5) is 0 Å². The van der Waals surface area contributed by atoms with E-state index in [1.807, 2.05) is 53.7 Å². The molecule has 0 aromatic heterocycles. The number of carbonyl (C=O) groups is 1.